The Balaban J connectivity index is 6.47. The van der Waals surface area contributed by atoms with E-state index in [9.17, 15) is 63.3 Å². The molecule has 6 atom stereocenters. The molecule has 0 saturated carbocycles. The fraction of sp³-hybridized carbons (Fsp3) is 0.636. The molecule has 0 heterocycles. The molecule has 26 nitrogen and oxygen atoms in total. The number of nitrogens with zero attached hydrogens (tertiary/aromatic N) is 2. The zero-order valence-electron chi connectivity index (χ0n) is 33.1. The van der Waals surface area contributed by atoms with Gasteiger partial charge in [-0.05, 0) is 57.0 Å². The molecule has 0 bridgehead atoms. The third kappa shape index (κ3) is 24.4. The number of thioether (sulfide) groups is 1. The van der Waals surface area contributed by atoms with Gasteiger partial charge in [0, 0.05) is 32.9 Å². The van der Waals surface area contributed by atoms with Crippen LogP contribution in [0.1, 0.15) is 71.1 Å². The zero-order chi connectivity index (χ0) is 45.9. The van der Waals surface area contributed by atoms with E-state index in [0.717, 1.165) is 6.92 Å². The molecule has 0 rings (SSSR count). The highest BCUT2D eigenvalue weighted by Crippen LogP contribution is 2.09. The average molecular weight is 877 g/mol. The van der Waals surface area contributed by atoms with E-state index in [1.165, 1.54) is 11.8 Å². The summed E-state index contributed by atoms with van der Waals surface area (Å²) in [5.41, 5.74) is 21.4. The average Bonchev–Trinajstić information content (AvgIpc) is 3.14. The van der Waals surface area contributed by atoms with Gasteiger partial charge in [-0.1, -0.05) is 0 Å². The van der Waals surface area contributed by atoms with Crippen LogP contribution in [0.25, 0.3) is 0 Å². The lowest BCUT2D eigenvalue weighted by atomic mass is 10.1. The second-order valence-electron chi connectivity index (χ2n) is 13.0. The second-order valence-corrected chi connectivity index (χ2v) is 14.0. The Bertz CT molecular complexity index is 1590. The van der Waals surface area contributed by atoms with Crippen LogP contribution in [0, 0.1) is 0 Å². The quantitative estimate of drug-likeness (QED) is 0.0176. The Labute approximate surface area is 348 Å². The Morgan fingerprint density at radius 3 is 1.22 bits per heavy atom. The van der Waals surface area contributed by atoms with Crippen molar-refractivity contribution in [3.8, 4) is 0 Å². The summed E-state index contributed by atoms with van der Waals surface area (Å²) in [6.07, 6.45) is -1.79. The third-order valence-corrected chi connectivity index (χ3v) is 8.66. The second kappa shape index (κ2) is 28.9. The number of amides is 6. The number of carboxylic acid groups (broad SMARTS) is 4. The van der Waals surface area contributed by atoms with Gasteiger partial charge in [0.1, 0.15) is 36.3 Å². The van der Waals surface area contributed by atoms with Crippen LogP contribution >= 0.6 is 11.8 Å². The smallest absolute Gasteiger partial charge is 0.326 e. The number of nitrogens with two attached hydrogens (primary N) is 4. The van der Waals surface area contributed by atoms with Gasteiger partial charge in [-0.2, -0.15) is 11.8 Å². The van der Waals surface area contributed by atoms with Gasteiger partial charge in [-0.3, -0.25) is 53.1 Å². The molecule has 0 unspecified atom stereocenters. The van der Waals surface area contributed by atoms with E-state index >= 15 is 0 Å². The number of hydrogen-bond acceptors (Lipinski definition) is 13. The largest absolute Gasteiger partial charge is 0.481 e. The zero-order valence-corrected chi connectivity index (χ0v) is 34.0. The first-order valence-electron chi connectivity index (χ1n) is 18.3. The van der Waals surface area contributed by atoms with Gasteiger partial charge < -0.3 is 75.3 Å². The number of guanidine groups is 2. The monoisotopic (exact) mass is 876 g/mol. The summed E-state index contributed by atoms with van der Waals surface area (Å²) in [7, 11) is 0. The highest BCUT2D eigenvalue weighted by molar-refractivity contribution is 7.98. The van der Waals surface area contributed by atoms with E-state index in [1.807, 2.05) is 0 Å². The summed E-state index contributed by atoms with van der Waals surface area (Å²) in [5, 5.41) is 51.1. The predicted octanol–water partition coefficient (Wildman–Crippen LogP) is -4.94. The number of carboxylic acids is 4. The molecule has 0 aliphatic carbocycles. The first-order chi connectivity index (χ1) is 28.1. The number of rotatable bonds is 31. The first-order valence-corrected chi connectivity index (χ1v) is 19.7. The molecular weight excluding hydrogens is 820 g/mol. The van der Waals surface area contributed by atoms with Crippen molar-refractivity contribution in [1.82, 2.24) is 31.9 Å². The van der Waals surface area contributed by atoms with Crippen molar-refractivity contribution < 1.29 is 68.4 Å². The highest BCUT2D eigenvalue weighted by atomic mass is 32.2. The molecule has 27 heteroatoms. The van der Waals surface area contributed by atoms with Gasteiger partial charge in [0.15, 0.2) is 11.9 Å². The fourth-order valence-corrected chi connectivity index (χ4v) is 5.57. The number of aliphatic imine (C=N–C) groups is 2. The van der Waals surface area contributed by atoms with Crippen LogP contribution in [0.3, 0.4) is 0 Å². The summed E-state index contributed by atoms with van der Waals surface area (Å²) < 4.78 is 0. The maximum atomic E-state index is 13.7. The first kappa shape index (κ1) is 53.6. The molecule has 0 aliphatic heterocycles. The van der Waals surface area contributed by atoms with Gasteiger partial charge in [0.25, 0.3) is 0 Å². The minimum Gasteiger partial charge on any atom is -0.481 e. The topological polar surface area (TPSA) is 453 Å². The van der Waals surface area contributed by atoms with Gasteiger partial charge in [-0.25, -0.2) is 4.79 Å². The molecule has 0 radical (unpaired) electrons. The highest BCUT2D eigenvalue weighted by Gasteiger charge is 2.34. The van der Waals surface area contributed by atoms with Crippen molar-refractivity contribution in [2.24, 2.45) is 32.9 Å². The van der Waals surface area contributed by atoms with Crippen molar-refractivity contribution in [2.75, 3.05) is 25.1 Å². The van der Waals surface area contributed by atoms with E-state index < -0.39 is 128 Å². The lowest BCUT2D eigenvalue weighted by molar-refractivity contribution is -0.144. The standard InChI is InChI=1S/C33H56N12O14S/c1-16(46)40-17(5-3-12-38-32(34)35)26(53)41-18(6-4-13-39-33(36)37)27(54)45-22(15-25(51)52)30(57)43-20(11-14-60-2)29(56)42-19(7-9-23(47)48)28(55)44-21(31(58)59)8-10-24(49)50/h17-22H,3-15H2,1-2H3,(H,40,46)(H,41,53)(H,42,56)(H,43,57)(H,44,55)(H,45,54)(H,47,48)(H,49,50)(H,51,52)(H,58,59)(H4,34,35,38)(H4,36,37,39)/t17-,18-,19-,20+,21-,22-/m0/s1. The molecular formula is C33H56N12O14S. The molecule has 0 aromatic carbocycles. The third-order valence-electron chi connectivity index (χ3n) is 8.01. The predicted molar refractivity (Wildman–Crippen MR) is 214 cm³/mol. The van der Waals surface area contributed by atoms with Crippen molar-refractivity contribution in [2.45, 2.75) is 107 Å². The van der Waals surface area contributed by atoms with Crippen LogP contribution in [-0.4, -0.2) is 153 Å². The van der Waals surface area contributed by atoms with Crippen molar-refractivity contribution in [1.29, 1.82) is 0 Å². The Morgan fingerprint density at radius 1 is 0.500 bits per heavy atom. The van der Waals surface area contributed by atoms with Gasteiger partial charge in [0.2, 0.25) is 35.4 Å². The van der Waals surface area contributed by atoms with Crippen LogP contribution in [0.15, 0.2) is 9.98 Å². The molecule has 0 aromatic rings. The van der Waals surface area contributed by atoms with Crippen molar-refractivity contribution in [3.63, 3.8) is 0 Å². The normalized spacial score (nSPS) is 13.6. The fourth-order valence-electron chi connectivity index (χ4n) is 5.10. The Hall–Kier alpha value is -6.41. The summed E-state index contributed by atoms with van der Waals surface area (Å²) in [4.78, 5) is 133. The van der Waals surface area contributed by atoms with Crippen LogP contribution in [-0.2, 0) is 47.9 Å². The maximum Gasteiger partial charge on any atom is 0.326 e. The molecule has 0 spiro atoms. The molecule has 338 valence electrons. The molecule has 60 heavy (non-hydrogen) atoms. The van der Waals surface area contributed by atoms with E-state index in [1.54, 1.807) is 6.26 Å². The van der Waals surface area contributed by atoms with Crippen LogP contribution < -0.4 is 54.8 Å². The summed E-state index contributed by atoms with van der Waals surface area (Å²) >= 11 is 1.22. The van der Waals surface area contributed by atoms with Crippen molar-refractivity contribution >= 4 is 83.0 Å². The van der Waals surface area contributed by atoms with Gasteiger partial charge >= 0.3 is 23.9 Å². The number of carbonyl (C=O) groups is 10. The van der Waals surface area contributed by atoms with E-state index in [-0.39, 0.29) is 62.9 Å². The summed E-state index contributed by atoms with van der Waals surface area (Å²) in [5.74, 6) is -12.1. The SMILES string of the molecule is CSCC[C@@H](NC(=O)[C@H](CC(=O)O)NC(=O)[C@H](CCCN=C(N)N)NC(=O)[C@H](CCCN=C(N)N)NC(C)=O)C(=O)N[C@@H](CCC(=O)O)C(=O)N[C@@H](CCC(=O)O)C(=O)O. The van der Waals surface area contributed by atoms with Crippen LogP contribution in [0.4, 0.5) is 0 Å². The number of carbonyl (C=O) groups excluding carboxylic acids is 6. The molecule has 0 fully saturated rings. The van der Waals surface area contributed by atoms with Crippen molar-refractivity contribution in [3.05, 3.63) is 0 Å². The number of hydrogen-bond donors (Lipinski definition) is 14. The summed E-state index contributed by atoms with van der Waals surface area (Å²) in [6, 6.07) is -9.47. The van der Waals surface area contributed by atoms with E-state index in [2.05, 4.69) is 41.9 Å². The maximum absolute atomic E-state index is 13.7. The lowest BCUT2D eigenvalue weighted by Crippen LogP contribution is -2.60. The Morgan fingerprint density at radius 2 is 0.850 bits per heavy atom. The molecule has 0 aromatic heterocycles. The lowest BCUT2D eigenvalue weighted by Gasteiger charge is -2.27. The molecule has 0 aliphatic rings. The molecule has 18 N–H and O–H groups in total. The van der Waals surface area contributed by atoms with Gasteiger partial charge in [-0.15, -0.1) is 0 Å². The number of nitrogens with one attached hydrogen (secondary N) is 6. The van der Waals surface area contributed by atoms with Gasteiger partial charge in [0.05, 0.1) is 6.42 Å². The van der Waals surface area contributed by atoms with E-state index in [0.29, 0.717) is 0 Å². The van der Waals surface area contributed by atoms with Crippen LogP contribution in [0.2, 0.25) is 0 Å². The number of aliphatic carboxylic acids is 4. The molecule has 6 amide bonds. The molecule has 0 saturated heterocycles. The minimum atomic E-state index is -1.88. The Kier molecular flexibility index (Phi) is 25.8. The van der Waals surface area contributed by atoms with Crippen LogP contribution in [0.5, 0.6) is 0 Å². The minimum absolute atomic E-state index is 0.00826. The summed E-state index contributed by atoms with van der Waals surface area (Å²) in [6.45, 7) is 1.25. The van der Waals surface area contributed by atoms with E-state index in [4.69, 9.17) is 28.0 Å².